The standard InChI is InChI=1S/C12H13NO2/c1-8(14)15-12-6-9(7-13)10-4-2-3-5-11(10)12/h2-6,12H,7,13H2,1H3. The number of rotatable bonds is 2. The van der Waals surface area contributed by atoms with Crippen molar-refractivity contribution in [3.8, 4) is 0 Å². The second kappa shape index (κ2) is 3.87. The number of benzene rings is 1. The molecule has 1 aromatic rings. The van der Waals surface area contributed by atoms with E-state index >= 15 is 0 Å². The molecule has 1 unspecified atom stereocenters. The second-order valence-electron chi connectivity index (χ2n) is 3.51. The normalized spacial score (nSPS) is 18.3. The minimum absolute atomic E-state index is 0.266. The molecule has 2 rings (SSSR count). The molecule has 0 heterocycles. The quantitative estimate of drug-likeness (QED) is 0.743. The molecule has 0 fully saturated rings. The highest BCUT2D eigenvalue weighted by Crippen LogP contribution is 2.35. The van der Waals surface area contributed by atoms with Gasteiger partial charge in [-0.05, 0) is 17.2 Å². The number of carbonyl (C=O) groups excluding carboxylic acids is 1. The molecule has 0 spiro atoms. The van der Waals surface area contributed by atoms with E-state index in [2.05, 4.69) is 0 Å². The van der Waals surface area contributed by atoms with E-state index in [4.69, 9.17) is 10.5 Å². The first-order valence-electron chi connectivity index (χ1n) is 4.89. The molecule has 3 nitrogen and oxygen atoms in total. The lowest BCUT2D eigenvalue weighted by Crippen LogP contribution is -2.04. The first-order valence-corrected chi connectivity index (χ1v) is 4.89. The summed E-state index contributed by atoms with van der Waals surface area (Å²) in [5.41, 5.74) is 8.78. The van der Waals surface area contributed by atoms with Crippen LogP contribution in [0.5, 0.6) is 0 Å². The van der Waals surface area contributed by atoms with Gasteiger partial charge in [-0.15, -0.1) is 0 Å². The Balaban J connectivity index is 2.37. The third kappa shape index (κ3) is 1.78. The molecule has 0 aliphatic heterocycles. The summed E-state index contributed by atoms with van der Waals surface area (Å²) in [6, 6.07) is 7.85. The molecule has 0 amide bonds. The van der Waals surface area contributed by atoms with Gasteiger partial charge in [-0.1, -0.05) is 24.3 Å². The zero-order valence-electron chi connectivity index (χ0n) is 8.57. The molecule has 2 N–H and O–H groups in total. The largest absolute Gasteiger partial charge is 0.453 e. The lowest BCUT2D eigenvalue weighted by atomic mass is 10.1. The number of hydrogen-bond acceptors (Lipinski definition) is 3. The highest BCUT2D eigenvalue weighted by molar-refractivity contribution is 5.76. The van der Waals surface area contributed by atoms with Crippen LogP contribution in [0.15, 0.2) is 30.3 Å². The molecule has 0 saturated heterocycles. The molecule has 1 atom stereocenters. The molecule has 1 aliphatic carbocycles. The molecule has 1 aromatic carbocycles. The third-order valence-corrected chi connectivity index (χ3v) is 2.48. The Kier molecular flexibility index (Phi) is 2.56. The van der Waals surface area contributed by atoms with Crippen molar-refractivity contribution in [2.45, 2.75) is 13.0 Å². The van der Waals surface area contributed by atoms with Gasteiger partial charge in [0, 0.05) is 19.0 Å². The molecule has 15 heavy (non-hydrogen) atoms. The molecule has 78 valence electrons. The van der Waals surface area contributed by atoms with Crippen LogP contribution in [-0.4, -0.2) is 12.5 Å². The fourth-order valence-corrected chi connectivity index (χ4v) is 1.85. The zero-order chi connectivity index (χ0) is 10.8. The van der Waals surface area contributed by atoms with Gasteiger partial charge >= 0.3 is 5.97 Å². The molecule has 0 bridgehead atoms. The number of carbonyl (C=O) groups is 1. The first kappa shape index (κ1) is 9.93. The Labute approximate surface area is 88.5 Å². The summed E-state index contributed by atoms with van der Waals surface area (Å²) in [6.07, 6.45) is 1.64. The summed E-state index contributed by atoms with van der Waals surface area (Å²) in [6.45, 7) is 1.88. The SMILES string of the molecule is CC(=O)OC1C=C(CN)c2ccccc21. The van der Waals surface area contributed by atoms with Crippen molar-refractivity contribution >= 4 is 11.5 Å². The minimum Gasteiger partial charge on any atom is -0.453 e. The molecule has 0 saturated carbocycles. The van der Waals surface area contributed by atoms with Crippen LogP contribution in [0.4, 0.5) is 0 Å². The van der Waals surface area contributed by atoms with Crippen LogP contribution in [0.25, 0.3) is 5.57 Å². The van der Waals surface area contributed by atoms with Crippen molar-refractivity contribution < 1.29 is 9.53 Å². The Morgan fingerprint density at radius 3 is 2.87 bits per heavy atom. The van der Waals surface area contributed by atoms with Gasteiger partial charge in [0.1, 0.15) is 6.10 Å². The van der Waals surface area contributed by atoms with Gasteiger partial charge in [-0.2, -0.15) is 0 Å². The van der Waals surface area contributed by atoms with E-state index < -0.39 is 0 Å². The summed E-state index contributed by atoms with van der Waals surface area (Å²) < 4.78 is 5.20. The van der Waals surface area contributed by atoms with Crippen LogP contribution in [0, 0.1) is 0 Å². The molecule has 0 radical (unpaired) electrons. The average Bonchev–Trinajstić information content (AvgIpc) is 2.56. The predicted molar refractivity (Wildman–Crippen MR) is 58.0 cm³/mol. The smallest absolute Gasteiger partial charge is 0.303 e. The summed E-state index contributed by atoms with van der Waals surface area (Å²) in [5, 5.41) is 0. The second-order valence-corrected chi connectivity index (χ2v) is 3.51. The Hall–Kier alpha value is -1.61. The highest BCUT2D eigenvalue weighted by Gasteiger charge is 2.23. The average molecular weight is 203 g/mol. The topological polar surface area (TPSA) is 52.3 Å². The Bertz CT molecular complexity index is 423. The monoisotopic (exact) mass is 203 g/mol. The fraction of sp³-hybridized carbons (Fsp3) is 0.250. The number of hydrogen-bond donors (Lipinski definition) is 1. The van der Waals surface area contributed by atoms with E-state index in [1.54, 1.807) is 0 Å². The van der Waals surface area contributed by atoms with E-state index in [1.165, 1.54) is 6.92 Å². The number of esters is 1. The van der Waals surface area contributed by atoms with Crippen LogP contribution >= 0.6 is 0 Å². The summed E-state index contributed by atoms with van der Waals surface area (Å²) >= 11 is 0. The zero-order valence-corrected chi connectivity index (χ0v) is 8.57. The Morgan fingerprint density at radius 2 is 2.20 bits per heavy atom. The van der Waals surface area contributed by atoms with Crippen molar-refractivity contribution in [3.63, 3.8) is 0 Å². The van der Waals surface area contributed by atoms with Gasteiger partial charge in [0.05, 0.1) is 0 Å². The van der Waals surface area contributed by atoms with E-state index in [0.717, 1.165) is 16.7 Å². The van der Waals surface area contributed by atoms with E-state index in [9.17, 15) is 4.79 Å². The molecule has 0 aromatic heterocycles. The lowest BCUT2D eigenvalue weighted by molar-refractivity contribution is -0.144. The number of nitrogens with two attached hydrogens (primary N) is 1. The summed E-state index contributed by atoms with van der Waals surface area (Å²) in [5.74, 6) is -0.274. The van der Waals surface area contributed by atoms with Crippen molar-refractivity contribution in [2.75, 3.05) is 6.54 Å². The Morgan fingerprint density at radius 1 is 1.47 bits per heavy atom. The van der Waals surface area contributed by atoms with Gasteiger partial charge in [0.15, 0.2) is 0 Å². The predicted octanol–water partition coefficient (Wildman–Crippen LogP) is 1.65. The molecule has 1 aliphatic rings. The summed E-state index contributed by atoms with van der Waals surface area (Å²) in [7, 11) is 0. The van der Waals surface area contributed by atoms with Crippen molar-refractivity contribution in [2.24, 2.45) is 5.73 Å². The maximum Gasteiger partial charge on any atom is 0.303 e. The lowest BCUT2D eigenvalue weighted by Gasteiger charge is -2.10. The van der Waals surface area contributed by atoms with Crippen molar-refractivity contribution in [3.05, 3.63) is 41.5 Å². The van der Waals surface area contributed by atoms with Crippen LogP contribution in [0.1, 0.15) is 24.2 Å². The fourth-order valence-electron chi connectivity index (χ4n) is 1.85. The minimum atomic E-state index is -0.274. The van der Waals surface area contributed by atoms with Crippen LogP contribution in [0.3, 0.4) is 0 Å². The van der Waals surface area contributed by atoms with Gasteiger partial charge in [0.25, 0.3) is 0 Å². The number of fused-ring (bicyclic) bond motifs is 1. The van der Waals surface area contributed by atoms with Gasteiger partial charge in [-0.25, -0.2) is 0 Å². The van der Waals surface area contributed by atoms with E-state index in [0.29, 0.717) is 6.54 Å². The first-order chi connectivity index (χ1) is 7.22. The van der Waals surface area contributed by atoms with Crippen LogP contribution < -0.4 is 5.73 Å². The maximum atomic E-state index is 10.9. The van der Waals surface area contributed by atoms with Crippen LogP contribution in [0.2, 0.25) is 0 Å². The maximum absolute atomic E-state index is 10.9. The molecule has 3 heteroatoms. The van der Waals surface area contributed by atoms with Gasteiger partial charge in [-0.3, -0.25) is 4.79 Å². The molecular weight excluding hydrogens is 190 g/mol. The number of ether oxygens (including phenoxy) is 1. The van der Waals surface area contributed by atoms with Gasteiger partial charge in [0.2, 0.25) is 0 Å². The van der Waals surface area contributed by atoms with Crippen molar-refractivity contribution in [1.82, 2.24) is 0 Å². The summed E-state index contributed by atoms with van der Waals surface area (Å²) in [4.78, 5) is 10.9. The highest BCUT2D eigenvalue weighted by atomic mass is 16.5. The molecular formula is C12H13NO2. The van der Waals surface area contributed by atoms with E-state index in [1.807, 2.05) is 30.3 Å². The van der Waals surface area contributed by atoms with Crippen molar-refractivity contribution in [1.29, 1.82) is 0 Å². The van der Waals surface area contributed by atoms with E-state index in [-0.39, 0.29) is 12.1 Å². The van der Waals surface area contributed by atoms with Gasteiger partial charge < -0.3 is 10.5 Å². The third-order valence-electron chi connectivity index (χ3n) is 2.48. The van der Waals surface area contributed by atoms with Crippen LogP contribution in [-0.2, 0) is 9.53 Å².